The third-order valence-electron chi connectivity index (χ3n) is 3.90. The number of hydrogen-bond donors (Lipinski definition) is 0. The zero-order chi connectivity index (χ0) is 17.0. The van der Waals surface area contributed by atoms with E-state index >= 15 is 0 Å². The summed E-state index contributed by atoms with van der Waals surface area (Å²) in [6, 6.07) is 4.56. The largest absolute Gasteiger partial charge is 0.269 e. The van der Waals surface area contributed by atoms with Gasteiger partial charge in [0.15, 0.2) is 5.65 Å². The Bertz CT molecular complexity index is 1180. The van der Waals surface area contributed by atoms with Gasteiger partial charge in [-0.05, 0) is 44.0 Å². The maximum Gasteiger partial charge on any atom is 0.258 e. The van der Waals surface area contributed by atoms with Gasteiger partial charge in [-0.15, -0.1) is 0 Å². The Hall–Kier alpha value is -3.09. The molecule has 0 atom stereocenters. The first-order chi connectivity index (χ1) is 11.4. The van der Waals surface area contributed by atoms with Gasteiger partial charge >= 0.3 is 0 Å². The van der Waals surface area contributed by atoms with Gasteiger partial charge in [0.1, 0.15) is 17.2 Å². The molecule has 0 spiro atoms. The number of nitrogens with zero attached hydrogens (tertiary/aromatic N) is 5. The van der Waals surface area contributed by atoms with E-state index in [1.165, 1.54) is 16.5 Å². The Kier molecular flexibility index (Phi) is 2.99. The molecular formula is C17H14FN5O. The zero-order valence-electron chi connectivity index (χ0n) is 13.4. The van der Waals surface area contributed by atoms with Crippen molar-refractivity contribution in [3.63, 3.8) is 0 Å². The number of hydrogen-bond acceptors (Lipinski definition) is 4. The number of imidazole rings is 1. The molecule has 0 bridgehead atoms. The molecule has 0 fully saturated rings. The molecule has 6 nitrogen and oxygen atoms in total. The van der Waals surface area contributed by atoms with Gasteiger partial charge in [-0.25, -0.2) is 18.9 Å². The molecule has 0 saturated carbocycles. The van der Waals surface area contributed by atoms with Gasteiger partial charge in [0.05, 0.1) is 17.6 Å². The summed E-state index contributed by atoms with van der Waals surface area (Å²) in [5, 5.41) is 4.49. The minimum atomic E-state index is -0.471. The Morgan fingerprint density at radius 3 is 2.46 bits per heavy atom. The molecule has 0 amide bonds. The molecule has 120 valence electrons. The molecule has 0 radical (unpaired) electrons. The molecule has 0 aliphatic heterocycles. The first-order valence-corrected chi connectivity index (χ1v) is 7.46. The van der Waals surface area contributed by atoms with Crippen molar-refractivity contribution in [1.82, 2.24) is 24.0 Å². The first-order valence-electron chi connectivity index (χ1n) is 7.46. The first kappa shape index (κ1) is 14.5. The van der Waals surface area contributed by atoms with E-state index in [1.54, 1.807) is 11.4 Å². The summed E-state index contributed by atoms with van der Waals surface area (Å²) in [6.07, 6.45) is 2.96. The fourth-order valence-corrected chi connectivity index (χ4v) is 2.83. The zero-order valence-corrected chi connectivity index (χ0v) is 13.4. The molecule has 7 heteroatoms. The number of rotatable bonds is 1. The normalized spacial score (nSPS) is 11.5. The molecule has 0 aliphatic rings. The topological polar surface area (TPSA) is 64.6 Å². The van der Waals surface area contributed by atoms with E-state index in [9.17, 15) is 9.18 Å². The SMILES string of the molecule is Cc1cn2nc(-c3cc(=O)n4cc(F)cc(C)c4n3)cc(C)c2n1. The van der Waals surface area contributed by atoms with Gasteiger partial charge in [0.25, 0.3) is 5.56 Å². The summed E-state index contributed by atoms with van der Waals surface area (Å²) in [5.41, 5.74) is 4.25. The van der Waals surface area contributed by atoms with Gasteiger partial charge in [-0.2, -0.15) is 5.10 Å². The predicted molar refractivity (Wildman–Crippen MR) is 87.6 cm³/mol. The number of aromatic nitrogens is 5. The van der Waals surface area contributed by atoms with Crippen LogP contribution in [0.1, 0.15) is 16.8 Å². The molecular weight excluding hydrogens is 309 g/mol. The average Bonchev–Trinajstić information content (AvgIpc) is 2.89. The van der Waals surface area contributed by atoms with Crippen molar-refractivity contribution in [3.8, 4) is 11.4 Å². The van der Waals surface area contributed by atoms with Crippen LogP contribution in [-0.2, 0) is 0 Å². The van der Waals surface area contributed by atoms with E-state index < -0.39 is 5.82 Å². The van der Waals surface area contributed by atoms with Crippen LogP contribution in [0.3, 0.4) is 0 Å². The standard InChI is InChI=1S/C17H14FN5O/c1-9-4-12(18)8-22-15(24)6-13(20-16(9)22)14-5-10(2)17-19-11(3)7-23(17)21-14/h4-8H,1-3H3. The quantitative estimate of drug-likeness (QED) is 0.540. The second kappa shape index (κ2) is 4.95. The van der Waals surface area contributed by atoms with E-state index in [0.29, 0.717) is 22.6 Å². The van der Waals surface area contributed by atoms with Crippen LogP contribution in [0, 0.1) is 26.6 Å². The lowest BCUT2D eigenvalue weighted by Gasteiger charge is -2.07. The molecule has 0 aliphatic carbocycles. The maximum atomic E-state index is 13.5. The van der Waals surface area contributed by atoms with Crippen LogP contribution in [0.25, 0.3) is 22.7 Å². The minimum Gasteiger partial charge on any atom is -0.269 e. The monoisotopic (exact) mass is 323 g/mol. The van der Waals surface area contributed by atoms with Gasteiger partial charge in [-0.1, -0.05) is 0 Å². The molecule has 0 saturated heterocycles. The fraction of sp³-hybridized carbons (Fsp3) is 0.176. The van der Waals surface area contributed by atoms with Gasteiger partial charge in [0.2, 0.25) is 0 Å². The highest BCUT2D eigenvalue weighted by Crippen LogP contribution is 2.19. The third-order valence-corrected chi connectivity index (χ3v) is 3.90. The molecule has 4 heterocycles. The van der Waals surface area contributed by atoms with Crippen LogP contribution in [0.4, 0.5) is 4.39 Å². The minimum absolute atomic E-state index is 0.348. The van der Waals surface area contributed by atoms with Crippen LogP contribution in [0.5, 0.6) is 0 Å². The van der Waals surface area contributed by atoms with Crippen molar-refractivity contribution in [2.75, 3.05) is 0 Å². The predicted octanol–water partition coefficient (Wildman–Crippen LogP) is 2.47. The Morgan fingerprint density at radius 2 is 1.67 bits per heavy atom. The lowest BCUT2D eigenvalue weighted by atomic mass is 10.2. The van der Waals surface area contributed by atoms with Crippen LogP contribution < -0.4 is 5.56 Å². The second-order valence-corrected chi connectivity index (χ2v) is 5.88. The summed E-state index contributed by atoms with van der Waals surface area (Å²) >= 11 is 0. The van der Waals surface area contributed by atoms with E-state index in [-0.39, 0.29) is 5.56 Å². The van der Waals surface area contributed by atoms with Crippen molar-refractivity contribution in [2.45, 2.75) is 20.8 Å². The molecule has 0 aromatic carbocycles. The van der Waals surface area contributed by atoms with E-state index in [4.69, 9.17) is 0 Å². The molecule has 4 aromatic heterocycles. The van der Waals surface area contributed by atoms with Crippen molar-refractivity contribution >= 4 is 11.3 Å². The van der Waals surface area contributed by atoms with Crippen molar-refractivity contribution in [1.29, 1.82) is 0 Å². The maximum absolute atomic E-state index is 13.5. The highest BCUT2D eigenvalue weighted by molar-refractivity contribution is 5.62. The van der Waals surface area contributed by atoms with Crippen LogP contribution in [-0.4, -0.2) is 24.0 Å². The molecule has 4 aromatic rings. The molecule has 24 heavy (non-hydrogen) atoms. The number of halogens is 1. The lowest BCUT2D eigenvalue weighted by molar-refractivity contribution is 0.616. The molecule has 0 N–H and O–H groups in total. The summed E-state index contributed by atoms with van der Waals surface area (Å²) in [5.74, 6) is -0.471. The van der Waals surface area contributed by atoms with Gasteiger partial charge in [-0.3, -0.25) is 9.20 Å². The summed E-state index contributed by atoms with van der Waals surface area (Å²) < 4.78 is 16.4. The molecule has 0 unspecified atom stereocenters. The molecule has 4 rings (SSSR count). The summed E-state index contributed by atoms with van der Waals surface area (Å²) in [4.78, 5) is 21.3. The van der Waals surface area contributed by atoms with Crippen molar-refractivity contribution in [2.24, 2.45) is 0 Å². The number of aryl methyl sites for hydroxylation is 3. The number of pyridine rings is 1. The number of fused-ring (bicyclic) bond motifs is 2. The van der Waals surface area contributed by atoms with E-state index in [0.717, 1.165) is 23.1 Å². The van der Waals surface area contributed by atoms with E-state index in [2.05, 4.69) is 15.1 Å². The smallest absolute Gasteiger partial charge is 0.258 e. The summed E-state index contributed by atoms with van der Waals surface area (Å²) in [6.45, 7) is 5.55. The second-order valence-electron chi connectivity index (χ2n) is 5.88. The van der Waals surface area contributed by atoms with Crippen molar-refractivity contribution < 1.29 is 4.39 Å². The van der Waals surface area contributed by atoms with Crippen molar-refractivity contribution in [3.05, 3.63) is 63.6 Å². The van der Waals surface area contributed by atoms with Crippen LogP contribution in [0.15, 0.2) is 35.4 Å². The third kappa shape index (κ3) is 2.17. The average molecular weight is 323 g/mol. The highest BCUT2D eigenvalue weighted by Gasteiger charge is 2.12. The van der Waals surface area contributed by atoms with Crippen LogP contribution in [0.2, 0.25) is 0 Å². The lowest BCUT2D eigenvalue weighted by Crippen LogP contribution is -2.16. The Morgan fingerprint density at radius 1 is 0.917 bits per heavy atom. The highest BCUT2D eigenvalue weighted by atomic mass is 19.1. The Balaban J connectivity index is 2.01. The fourth-order valence-electron chi connectivity index (χ4n) is 2.83. The Labute approximate surface area is 136 Å². The summed E-state index contributed by atoms with van der Waals surface area (Å²) in [7, 11) is 0. The van der Waals surface area contributed by atoms with Crippen LogP contribution >= 0.6 is 0 Å². The van der Waals surface area contributed by atoms with Gasteiger partial charge < -0.3 is 0 Å². The van der Waals surface area contributed by atoms with E-state index in [1.807, 2.05) is 26.1 Å². The van der Waals surface area contributed by atoms with Gasteiger partial charge in [0, 0.05) is 12.3 Å².